The van der Waals surface area contributed by atoms with Crippen molar-refractivity contribution in [3.63, 3.8) is 0 Å². The number of anilines is 1. The Morgan fingerprint density at radius 3 is 2.44 bits per heavy atom. The number of allylic oxidation sites excluding steroid dienone is 1. The van der Waals surface area contributed by atoms with Crippen LogP contribution in [0.2, 0.25) is 0 Å². The van der Waals surface area contributed by atoms with E-state index in [1.165, 1.54) is 21.7 Å². The van der Waals surface area contributed by atoms with Crippen molar-refractivity contribution in [2.24, 2.45) is 4.99 Å². The molecule has 45 heavy (non-hydrogen) atoms. The minimum Gasteiger partial charge on any atom is -0.438 e. The van der Waals surface area contributed by atoms with Gasteiger partial charge >= 0.3 is 0 Å². The number of nitrogens with zero attached hydrogens (tertiary/aromatic N) is 4. The summed E-state index contributed by atoms with van der Waals surface area (Å²) >= 11 is 0. The molecule has 2 heterocycles. The van der Waals surface area contributed by atoms with Crippen LogP contribution in [0.15, 0.2) is 125 Å². The van der Waals surface area contributed by atoms with Gasteiger partial charge in [-0.25, -0.2) is 0 Å². The van der Waals surface area contributed by atoms with Crippen molar-refractivity contribution < 1.29 is 4.42 Å². The van der Waals surface area contributed by atoms with Crippen LogP contribution >= 0.6 is 0 Å². The number of nitriles is 1. The maximum absolute atomic E-state index is 9.41. The summed E-state index contributed by atoms with van der Waals surface area (Å²) in [4.78, 5) is 7.49. The van der Waals surface area contributed by atoms with Crippen molar-refractivity contribution in [3.8, 4) is 17.2 Å². The predicted octanol–water partition coefficient (Wildman–Crippen LogP) is 10.0. The second kappa shape index (κ2) is 10.7. The van der Waals surface area contributed by atoms with Gasteiger partial charge in [-0.1, -0.05) is 72.8 Å². The standard InChI is InChI=1S/C40H30N4O/c1-26-33-20-19-31(28-14-10-11-27(21-28)25-41)24-38(33)45-39(26)42-40(43(2)32-15-4-3-5-16-32)44-36-18-9-8-17-34(36)35-22-29-12-6-7-13-30(29)23-37(35)44/h3-7,9-16,18-24H,8,17H2,1-2H3. The highest BCUT2D eigenvalue weighted by Crippen LogP contribution is 2.38. The third kappa shape index (κ3) is 4.51. The molecule has 0 saturated carbocycles. The van der Waals surface area contributed by atoms with E-state index in [4.69, 9.17) is 9.41 Å². The number of aliphatic imine (C=N–C) groups is 1. The number of hydrogen-bond acceptors (Lipinski definition) is 3. The van der Waals surface area contributed by atoms with Crippen molar-refractivity contribution in [2.75, 3.05) is 11.9 Å². The van der Waals surface area contributed by atoms with Crippen molar-refractivity contribution >= 4 is 56.3 Å². The molecule has 1 aliphatic carbocycles. The Bertz CT molecular complexity index is 2370. The smallest absolute Gasteiger partial charge is 0.226 e. The summed E-state index contributed by atoms with van der Waals surface area (Å²) in [5.41, 5.74) is 8.99. The number of fused-ring (bicyclic) bond motifs is 5. The SMILES string of the molecule is Cc1c(N=C(N(C)c2ccccc2)n2c3c(c4cc5ccccc5cc42)CCC=C3)oc2cc(-c3cccc(C#N)c3)ccc12. The highest BCUT2D eigenvalue weighted by molar-refractivity contribution is 6.10. The van der Waals surface area contributed by atoms with E-state index in [0.29, 0.717) is 11.4 Å². The monoisotopic (exact) mass is 582 g/mol. The summed E-state index contributed by atoms with van der Waals surface area (Å²) in [5.74, 6) is 1.33. The topological polar surface area (TPSA) is 57.5 Å². The summed E-state index contributed by atoms with van der Waals surface area (Å²) in [5, 5.41) is 14.1. The lowest BCUT2D eigenvalue weighted by Crippen LogP contribution is -2.33. The number of hydrogen-bond donors (Lipinski definition) is 0. The minimum absolute atomic E-state index is 0.571. The van der Waals surface area contributed by atoms with Gasteiger partial charge in [-0.3, -0.25) is 4.57 Å². The molecule has 5 nitrogen and oxygen atoms in total. The molecule has 0 N–H and O–H groups in total. The van der Waals surface area contributed by atoms with Crippen LogP contribution in [0.25, 0.3) is 49.8 Å². The summed E-state index contributed by atoms with van der Waals surface area (Å²) in [6.45, 7) is 2.07. The van der Waals surface area contributed by atoms with Crippen molar-refractivity contribution in [1.29, 1.82) is 5.26 Å². The molecule has 2 aromatic heterocycles. The quantitative estimate of drug-likeness (QED) is 0.154. The van der Waals surface area contributed by atoms with Crippen LogP contribution < -0.4 is 4.90 Å². The van der Waals surface area contributed by atoms with Gasteiger partial charge in [0.05, 0.1) is 22.8 Å². The van der Waals surface area contributed by atoms with Crippen LogP contribution in [0, 0.1) is 18.3 Å². The number of aromatic nitrogens is 1. The lowest BCUT2D eigenvalue weighted by atomic mass is 9.99. The van der Waals surface area contributed by atoms with Gasteiger partial charge in [0.1, 0.15) is 5.58 Å². The molecule has 8 rings (SSSR count). The lowest BCUT2D eigenvalue weighted by molar-refractivity contribution is 0.622. The molecular weight excluding hydrogens is 552 g/mol. The first kappa shape index (κ1) is 26.7. The van der Waals surface area contributed by atoms with E-state index in [2.05, 4.69) is 114 Å². The van der Waals surface area contributed by atoms with E-state index in [1.807, 2.05) is 36.4 Å². The molecule has 1 aliphatic rings. The van der Waals surface area contributed by atoms with Crippen molar-refractivity contribution in [3.05, 3.63) is 138 Å². The first-order chi connectivity index (χ1) is 22.1. The molecule has 0 spiro atoms. The summed E-state index contributed by atoms with van der Waals surface area (Å²) < 4.78 is 8.84. The van der Waals surface area contributed by atoms with E-state index >= 15 is 0 Å². The highest BCUT2D eigenvalue weighted by atomic mass is 16.3. The average molecular weight is 583 g/mol. The molecule has 0 unspecified atom stereocenters. The average Bonchev–Trinajstić information content (AvgIpc) is 3.58. The largest absolute Gasteiger partial charge is 0.438 e. The summed E-state index contributed by atoms with van der Waals surface area (Å²) in [6, 6.07) is 39.6. The van der Waals surface area contributed by atoms with Crippen LogP contribution in [0.5, 0.6) is 0 Å². The Morgan fingerprint density at radius 1 is 0.844 bits per heavy atom. The number of para-hydroxylation sites is 1. The summed E-state index contributed by atoms with van der Waals surface area (Å²) in [6.07, 6.45) is 6.50. The van der Waals surface area contributed by atoms with E-state index in [0.717, 1.165) is 63.4 Å². The zero-order valence-corrected chi connectivity index (χ0v) is 25.2. The number of benzene rings is 5. The van der Waals surface area contributed by atoms with Crippen molar-refractivity contribution in [2.45, 2.75) is 19.8 Å². The van der Waals surface area contributed by atoms with Gasteiger partial charge in [-0.2, -0.15) is 10.3 Å². The molecule has 5 aromatic carbocycles. The highest BCUT2D eigenvalue weighted by Gasteiger charge is 2.25. The predicted molar refractivity (Wildman–Crippen MR) is 185 cm³/mol. The van der Waals surface area contributed by atoms with Gasteiger partial charge in [-0.05, 0) is 95.8 Å². The molecule has 216 valence electrons. The van der Waals surface area contributed by atoms with Gasteiger partial charge in [0.25, 0.3) is 0 Å². The fourth-order valence-corrected chi connectivity index (χ4v) is 6.53. The van der Waals surface area contributed by atoms with Gasteiger partial charge in [0.15, 0.2) is 0 Å². The number of aryl methyl sites for hydroxylation is 2. The van der Waals surface area contributed by atoms with Gasteiger partial charge < -0.3 is 9.32 Å². The van der Waals surface area contributed by atoms with Crippen LogP contribution in [0.3, 0.4) is 0 Å². The fraction of sp³-hybridized carbons (Fsp3) is 0.100. The van der Waals surface area contributed by atoms with Crippen LogP contribution in [-0.2, 0) is 6.42 Å². The van der Waals surface area contributed by atoms with Crippen LogP contribution in [0.1, 0.15) is 28.8 Å². The minimum atomic E-state index is 0.571. The van der Waals surface area contributed by atoms with Crippen molar-refractivity contribution in [1.82, 2.24) is 4.57 Å². The molecule has 0 bridgehead atoms. The zero-order valence-electron chi connectivity index (χ0n) is 25.2. The normalized spacial score (nSPS) is 13.0. The maximum Gasteiger partial charge on any atom is 0.226 e. The van der Waals surface area contributed by atoms with Crippen LogP contribution in [0.4, 0.5) is 11.6 Å². The third-order valence-corrected chi connectivity index (χ3v) is 8.90. The maximum atomic E-state index is 9.41. The van der Waals surface area contributed by atoms with E-state index in [-0.39, 0.29) is 0 Å². The van der Waals surface area contributed by atoms with Crippen LogP contribution in [-0.4, -0.2) is 17.6 Å². The molecule has 0 fully saturated rings. The molecular formula is C40H30N4O. The molecule has 0 radical (unpaired) electrons. The summed E-state index contributed by atoms with van der Waals surface area (Å²) in [7, 11) is 2.07. The molecule has 7 aromatic rings. The number of furan rings is 1. The molecule has 0 saturated heterocycles. The Balaban J connectivity index is 1.37. The molecule has 0 amide bonds. The zero-order chi connectivity index (χ0) is 30.5. The van der Waals surface area contributed by atoms with Gasteiger partial charge in [0.2, 0.25) is 11.8 Å². The molecule has 0 atom stereocenters. The Kier molecular flexibility index (Phi) is 6.36. The van der Waals surface area contributed by atoms with E-state index in [9.17, 15) is 5.26 Å². The Morgan fingerprint density at radius 2 is 1.62 bits per heavy atom. The lowest BCUT2D eigenvalue weighted by Gasteiger charge is -2.24. The first-order valence-corrected chi connectivity index (χ1v) is 15.2. The first-order valence-electron chi connectivity index (χ1n) is 15.2. The third-order valence-electron chi connectivity index (χ3n) is 8.90. The second-order valence-corrected chi connectivity index (χ2v) is 11.6. The number of rotatable bonds is 3. The second-order valence-electron chi connectivity index (χ2n) is 11.6. The molecule has 5 heteroatoms. The molecule has 0 aliphatic heterocycles. The Labute approximate surface area is 261 Å². The van der Waals surface area contributed by atoms with Gasteiger partial charge in [-0.15, -0.1) is 0 Å². The fourth-order valence-electron chi connectivity index (χ4n) is 6.53. The van der Waals surface area contributed by atoms with E-state index in [1.54, 1.807) is 0 Å². The van der Waals surface area contributed by atoms with Gasteiger partial charge in [0, 0.05) is 29.1 Å². The Hall–Kier alpha value is -5.86. The van der Waals surface area contributed by atoms with E-state index < -0.39 is 0 Å².